The van der Waals surface area contributed by atoms with Gasteiger partial charge in [0, 0.05) is 13.1 Å². The predicted octanol–water partition coefficient (Wildman–Crippen LogP) is 1.95. The van der Waals surface area contributed by atoms with Gasteiger partial charge in [0.05, 0.1) is 11.5 Å². The molecule has 2 aliphatic rings. The summed E-state index contributed by atoms with van der Waals surface area (Å²) in [6.07, 6.45) is 10.3. The van der Waals surface area contributed by atoms with Crippen molar-refractivity contribution < 1.29 is 9.90 Å². The van der Waals surface area contributed by atoms with Crippen molar-refractivity contribution in [3.8, 4) is 0 Å². The van der Waals surface area contributed by atoms with Crippen molar-refractivity contribution in [3.63, 3.8) is 0 Å². The lowest BCUT2D eigenvalue weighted by Gasteiger charge is -2.32. The van der Waals surface area contributed by atoms with Crippen molar-refractivity contribution >= 4 is 5.91 Å². The summed E-state index contributed by atoms with van der Waals surface area (Å²) in [6, 6.07) is 0. The van der Waals surface area contributed by atoms with Gasteiger partial charge in [-0.05, 0) is 38.0 Å². The molecule has 2 rings (SSSR count). The summed E-state index contributed by atoms with van der Waals surface area (Å²) in [5.74, 6) is 0.588. The third kappa shape index (κ3) is 3.95. The minimum atomic E-state index is -0.330. The molecule has 4 nitrogen and oxygen atoms in total. The summed E-state index contributed by atoms with van der Waals surface area (Å²) in [6.45, 7) is 1.17. The van der Waals surface area contributed by atoms with E-state index in [1.165, 1.54) is 12.8 Å². The molecule has 0 radical (unpaired) electrons. The Morgan fingerprint density at radius 1 is 1.15 bits per heavy atom. The second-order valence-electron chi connectivity index (χ2n) is 6.80. The van der Waals surface area contributed by atoms with Crippen molar-refractivity contribution in [1.29, 1.82) is 0 Å². The van der Waals surface area contributed by atoms with Crippen LogP contribution in [0.5, 0.6) is 0 Å². The van der Waals surface area contributed by atoms with Gasteiger partial charge in [-0.1, -0.05) is 32.1 Å². The number of aliphatic hydroxyl groups is 1. The van der Waals surface area contributed by atoms with E-state index in [9.17, 15) is 9.90 Å². The number of aliphatic hydroxyl groups excluding tert-OH is 1. The number of carbonyl (C=O) groups is 1. The third-order valence-corrected chi connectivity index (χ3v) is 5.24. The Morgan fingerprint density at radius 3 is 2.45 bits per heavy atom. The molecule has 0 aromatic heterocycles. The largest absolute Gasteiger partial charge is 0.393 e. The predicted molar refractivity (Wildman–Crippen MR) is 80.2 cm³/mol. The summed E-state index contributed by atoms with van der Waals surface area (Å²) >= 11 is 0. The Hall–Kier alpha value is -0.610. The minimum absolute atomic E-state index is 0.155. The zero-order chi connectivity index (χ0) is 14.4. The Kier molecular flexibility index (Phi) is 5.85. The monoisotopic (exact) mass is 282 g/mol. The van der Waals surface area contributed by atoms with Crippen LogP contribution in [0.15, 0.2) is 0 Å². The fraction of sp³-hybridized carbons (Fsp3) is 0.938. The van der Waals surface area contributed by atoms with Gasteiger partial charge in [-0.25, -0.2) is 0 Å². The zero-order valence-electron chi connectivity index (χ0n) is 12.6. The SMILES string of the molecule is NCC1(C(=O)NCC2CCCC(O)C2)CCCCCC1. The first-order valence-corrected chi connectivity index (χ1v) is 8.33. The number of carbonyl (C=O) groups excluding carboxylic acids is 1. The van der Waals surface area contributed by atoms with Crippen molar-refractivity contribution in [1.82, 2.24) is 5.32 Å². The molecule has 0 saturated heterocycles. The van der Waals surface area contributed by atoms with Gasteiger partial charge in [0.25, 0.3) is 0 Å². The summed E-state index contributed by atoms with van der Waals surface area (Å²) in [7, 11) is 0. The highest BCUT2D eigenvalue weighted by atomic mass is 16.3. The van der Waals surface area contributed by atoms with Gasteiger partial charge in [0.2, 0.25) is 5.91 Å². The molecule has 4 N–H and O–H groups in total. The van der Waals surface area contributed by atoms with Crippen LogP contribution in [0, 0.1) is 11.3 Å². The molecule has 0 heterocycles. The van der Waals surface area contributed by atoms with Crippen LogP contribution in [0.1, 0.15) is 64.2 Å². The van der Waals surface area contributed by atoms with E-state index >= 15 is 0 Å². The molecule has 0 aliphatic heterocycles. The maximum absolute atomic E-state index is 12.6. The summed E-state index contributed by atoms with van der Waals surface area (Å²) < 4.78 is 0. The van der Waals surface area contributed by atoms with E-state index in [0.29, 0.717) is 19.0 Å². The van der Waals surface area contributed by atoms with E-state index in [-0.39, 0.29) is 17.4 Å². The highest BCUT2D eigenvalue weighted by molar-refractivity contribution is 5.82. The second kappa shape index (κ2) is 7.41. The van der Waals surface area contributed by atoms with Crippen molar-refractivity contribution in [3.05, 3.63) is 0 Å². The lowest BCUT2D eigenvalue weighted by atomic mass is 9.79. The van der Waals surface area contributed by atoms with Gasteiger partial charge in [-0.2, -0.15) is 0 Å². The van der Waals surface area contributed by atoms with E-state index < -0.39 is 0 Å². The standard InChI is InChI=1S/C16H30N2O2/c17-12-16(8-3-1-2-4-9-16)15(20)18-11-13-6-5-7-14(19)10-13/h13-14,19H,1-12,17H2,(H,18,20). The molecule has 0 aromatic rings. The highest BCUT2D eigenvalue weighted by Gasteiger charge is 2.37. The van der Waals surface area contributed by atoms with Crippen LogP contribution < -0.4 is 11.1 Å². The molecular formula is C16H30N2O2. The summed E-state index contributed by atoms with van der Waals surface area (Å²) in [5.41, 5.74) is 5.61. The molecule has 2 aliphatic carbocycles. The smallest absolute Gasteiger partial charge is 0.227 e. The molecule has 0 aromatic carbocycles. The van der Waals surface area contributed by atoms with Gasteiger partial charge in [-0.15, -0.1) is 0 Å². The van der Waals surface area contributed by atoms with Gasteiger partial charge in [-0.3, -0.25) is 4.79 Å². The van der Waals surface area contributed by atoms with Crippen LogP contribution in [-0.4, -0.2) is 30.2 Å². The minimum Gasteiger partial charge on any atom is -0.393 e. The first-order valence-electron chi connectivity index (χ1n) is 8.33. The van der Waals surface area contributed by atoms with Crippen LogP contribution in [0.3, 0.4) is 0 Å². The Bertz CT molecular complexity index is 312. The molecule has 4 heteroatoms. The summed E-state index contributed by atoms with van der Waals surface area (Å²) in [5, 5.41) is 12.8. The van der Waals surface area contributed by atoms with Crippen LogP contribution in [-0.2, 0) is 4.79 Å². The fourth-order valence-corrected chi connectivity index (χ4v) is 3.80. The molecule has 1 amide bonds. The Balaban J connectivity index is 1.85. The van der Waals surface area contributed by atoms with Crippen LogP contribution >= 0.6 is 0 Å². The maximum Gasteiger partial charge on any atom is 0.227 e. The number of amides is 1. The average molecular weight is 282 g/mol. The Morgan fingerprint density at radius 2 is 1.85 bits per heavy atom. The van der Waals surface area contributed by atoms with E-state index in [1.807, 2.05) is 0 Å². The molecule has 20 heavy (non-hydrogen) atoms. The number of rotatable bonds is 4. The van der Waals surface area contributed by atoms with Crippen LogP contribution in [0.4, 0.5) is 0 Å². The van der Waals surface area contributed by atoms with Crippen molar-refractivity contribution in [2.45, 2.75) is 70.3 Å². The molecule has 0 spiro atoms. The van der Waals surface area contributed by atoms with Crippen LogP contribution in [0.2, 0.25) is 0 Å². The van der Waals surface area contributed by atoms with E-state index in [0.717, 1.165) is 51.4 Å². The van der Waals surface area contributed by atoms with Crippen molar-refractivity contribution in [2.24, 2.45) is 17.1 Å². The lowest BCUT2D eigenvalue weighted by molar-refractivity contribution is -0.131. The molecule has 2 saturated carbocycles. The lowest BCUT2D eigenvalue weighted by Crippen LogP contribution is -2.47. The number of hydrogen-bond acceptors (Lipinski definition) is 3. The number of nitrogens with one attached hydrogen (secondary N) is 1. The average Bonchev–Trinajstić information content (AvgIpc) is 2.71. The molecule has 116 valence electrons. The molecule has 2 unspecified atom stereocenters. The quantitative estimate of drug-likeness (QED) is 0.690. The van der Waals surface area contributed by atoms with Gasteiger partial charge < -0.3 is 16.2 Å². The fourth-order valence-electron chi connectivity index (χ4n) is 3.80. The molecular weight excluding hydrogens is 252 g/mol. The maximum atomic E-state index is 12.6. The number of nitrogens with two attached hydrogens (primary N) is 1. The Labute approximate surface area is 122 Å². The van der Waals surface area contributed by atoms with E-state index in [2.05, 4.69) is 5.32 Å². The molecule has 0 bridgehead atoms. The number of hydrogen-bond donors (Lipinski definition) is 3. The first-order chi connectivity index (χ1) is 9.66. The first kappa shape index (κ1) is 15.8. The van der Waals surface area contributed by atoms with Crippen molar-refractivity contribution in [2.75, 3.05) is 13.1 Å². The van der Waals surface area contributed by atoms with E-state index in [4.69, 9.17) is 5.73 Å². The molecule has 2 atom stereocenters. The van der Waals surface area contributed by atoms with Gasteiger partial charge in [0.1, 0.15) is 0 Å². The van der Waals surface area contributed by atoms with Gasteiger partial charge in [0.15, 0.2) is 0 Å². The third-order valence-electron chi connectivity index (χ3n) is 5.24. The zero-order valence-corrected chi connectivity index (χ0v) is 12.6. The normalized spacial score (nSPS) is 30.5. The second-order valence-corrected chi connectivity index (χ2v) is 6.80. The van der Waals surface area contributed by atoms with Gasteiger partial charge >= 0.3 is 0 Å². The van der Waals surface area contributed by atoms with E-state index in [1.54, 1.807) is 0 Å². The summed E-state index contributed by atoms with van der Waals surface area (Å²) in [4.78, 5) is 12.6. The molecule has 2 fully saturated rings. The van der Waals surface area contributed by atoms with Crippen LogP contribution in [0.25, 0.3) is 0 Å². The topological polar surface area (TPSA) is 75.4 Å². The highest BCUT2D eigenvalue weighted by Crippen LogP contribution is 2.34.